The Labute approximate surface area is 108 Å². The maximum atomic E-state index is 5.99. The van der Waals surface area contributed by atoms with Gasteiger partial charge in [-0.05, 0) is 37.4 Å². The van der Waals surface area contributed by atoms with E-state index in [1.807, 2.05) is 12.1 Å². The number of rotatable bonds is 6. The normalized spacial score (nSPS) is 17.2. The van der Waals surface area contributed by atoms with Crippen molar-refractivity contribution in [1.82, 2.24) is 5.32 Å². The topological polar surface area (TPSA) is 25.2 Å². The predicted octanol–water partition coefficient (Wildman–Crippen LogP) is 4.27. The smallest absolute Gasteiger partial charge is 0.134 e. The summed E-state index contributed by atoms with van der Waals surface area (Å²) in [4.78, 5) is 0. The summed E-state index contributed by atoms with van der Waals surface area (Å²) >= 11 is 0. The highest BCUT2D eigenvalue weighted by atomic mass is 16.3. The molecule has 1 atom stereocenters. The highest BCUT2D eigenvalue weighted by molar-refractivity contribution is 5.77. The van der Waals surface area contributed by atoms with E-state index in [-0.39, 0.29) is 0 Å². The number of hydrogen-bond donors (Lipinski definition) is 1. The van der Waals surface area contributed by atoms with Gasteiger partial charge in [-0.2, -0.15) is 0 Å². The van der Waals surface area contributed by atoms with E-state index in [1.165, 1.54) is 31.1 Å². The molecule has 1 aliphatic carbocycles. The van der Waals surface area contributed by atoms with Crippen molar-refractivity contribution in [3.05, 3.63) is 36.1 Å². The zero-order chi connectivity index (χ0) is 12.4. The van der Waals surface area contributed by atoms with Crippen LogP contribution in [-0.2, 0) is 0 Å². The van der Waals surface area contributed by atoms with Crippen LogP contribution in [0.15, 0.2) is 34.7 Å². The first-order valence-corrected chi connectivity index (χ1v) is 7.08. The molecule has 1 heterocycles. The molecule has 2 nitrogen and oxygen atoms in total. The van der Waals surface area contributed by atoms with Gasteiger partial charge >= 0.3 is 0 Å². The molecule has 0 spiro atoms. The van der Waals surface area contributed by atoms with Gasteiger partial charge in [0.25, 0.3) is 0 Å². The highest BCUT2D eigenvalue weighted by Gasteiger charge is 2.27. The fourth-order valence-corrected chi connectivity index (χ4v) is 2.48. The summed E-state index contributed by atoms with van der Waals surface area (Å²) in [7, 11) is 0. The molecule has 0 saturated heterocycles. The molecular weight excluding hydrogens is 222 g/mol. The molecule has 1 aromatic heterocycles. The molecule has 0 radical (unpaired) electrons. The van der Waals surface area contributed by atoms with E-state index in [0.717, 1.165) is 23.8 Å². The van der Waals surface area contributed by atoms with Crippen LogP contribution >= 0.6 is 0 Å². The molecule has 1 fully saturated rings. The lowest BCUT2D eigenvalue weighted by Crippen LogP contribution is -2.22. The van der Waals surface area contributed by atoms with E-state index in [4.69, 9.17) is 4.42 Å². The molecule has 1 saturated carbocycles. The largest absolute Gasteiger partial charge is 0.459 e. The van der Waals surface area contributed by atoms with Gasteiger partial charge in [0, 0.05) is 5.39 Å². The standard InChI is InChI=1S/C16H21NO/c1-2-9-17-14(10-12-7-8-12)16-11-13-5-3-4-6-15(13)18-16/h3-6,11-12,14,17H,2,7-10H2,1H3. The van der Waals surface area contributed by atoms with Gasteiger partial charge in [-0.25, -0.2) is 0 Å². The number of nitrogens with one attached hydrogen (secondary N) is 1. The molecule has 96 valence electrons. The second-order valence-electron chi connectivity index (χ2n) is 5.37. The number of fused-ring (bicyclic) bond motifs is 1. The summed E-state index contributed by atoms with van der Waals surface area (Å²) in [5.74, 6) is 2.02. The maximum absolute atomic E-state index is 5.99. The van der Waals surface area contributed by atoms with Crippen molar-refractivity contribution in [3.8, 4) is 0 Å². The minimum Gasteiger partial charge on any atom is -0.459 e. The SMILES string of the molecule is CCCNC(CC1CC1)c1cc2ccccc2o1. The molecular formula is C16H21NO. The van der Waals surface area contributed by atoms with E-state index < -0.39 is 0 Å². The van der Waals surface area contributed by atoms with Crippen LogP contribution in [0.2, 0.25) is 0 Å². The Morgan fingerprint density at radius 1 is 1.33 bits per heavy atom. The molecule has 1 aliphatic rings. The van der Waals surface area contributed by atoms with Crippen LogP contribution < -0.4 is 5.32 Å². The van der Waals surface area contributed by atoms with Gasteiger partial charge in [0.2, 0.25) is 0 Å². The summed E-state index contributed by atoms with van der Waals surface area (Å²) in [6, 6.07) is 10.9. The van der Waals surface area contributed by atoms with E-state index in [2.05, 4.69) is 30.4 Å². The van der Waals surface area contributed by atoms with Crippen LogP contribution in [0.3, 0.4) is 0 Å². The Bertz CT molecular complexity index is 480. The Morgan fingerprint density at radius 3 is 2.89 bits per heavy atom. The van der Waals surface area contributed by atoms with Crippen molar-refractivity contribution in [1.29, 1.82) is 0 Å². The van der Waals surface area contributed by atoms with Crippen LogP contribution in [0.4, 0.5) is 0 Å². The molecule has 0 amide bonds. The van der Waals surface area contributed by atoms with E-state index in [1.54, 1.807) is 0 Å². The second kappa shape index (κ2) is 5.15. The van der Waals surface area contributed by atoms with Gasteiger partial charge < -0.3 is 9.73 Å². The molecule has 2 heteroatoms. The lowest BCUT2D eigenvalue weighted by Gasteiger charge is -2.15. The highest BCUT2D eigenvalue weighted by Crippen LogP contribution is 2.38. The first-order valence-electron chi connectivity index (χ1n) is 7.08. The lowest BCUT2D eigenvalue weighted by molar-refractivity contribution is 0.396. The van der Waals surface area contributed by atoms with Crippen molar-refractivity contribution in [2.45, 2.75) is 38.6 Å². The van der Waals surface area contributed by atoms with Crippen LogP contribution in [0.25, 0.3) is 11.0 Å². The summed E-state index contributed by atoms with van der Waals surface area (Å²) < 4.78 is 5.99. The van der Waals surface area contributed by atoms with Gasteiger partial charge in [-0.15, -0.1) is 0 Å². The Hall–Kier alpha value is -1.28. The zero-order valence-corrected chi connectivity index (χ0v) is 11.0. The van der Waals surface area contributed by atoms with Crippen molar-refractivity contribution in [2.24, 2.45) is 5.92 Å². The predicted molar refractivity (Wildman–Crippen MR) is 74.6 cm³/mol. The second-order valence-corrected chi connectivity index (χ2v) is 5.37. The van der Waals surface area contributed by atoms with Gasteiger partial charge in [-0.1, -0.05) is 38.0 Å². The first kappa shape index (κ1) is 11.8. The third-order valence-corrected chi connectivity index (χ3v) is 3.69. The van der Waals surface area contributed by atoms with Crippen molar-refractivity contribution in [2.75, 3.05) is 6.54 Å². The minimum atomic E-state index is 0.393. The molecule has 1 unspecified atom stereocenters. The molecule has 1 aromatic carbocycles. The Kier molecular flexibility index (Phi) is 3.37. The van der Waals surface area contributed by atoms with Gasteiger partial charge in [-0.3, -0.25) is 0 Å². The van der Waals surface area contributed by atoms with E-state index >= 15 is 0 Å². The van der Waals surface area contributed by atoms with Crippen molar-refractivity contribution >= 4 is 11.0 Å². The average molecular weight is 243 g/mol. The summed E-state index contributed by atoms with van der Waals surface area (Å²) in [5.41, 5.74) is 1.01. The number of hydrogen-bond acceptors (Lipinski definition) is 2. The molecule has 0 bridgehead atoms. The van der Waals surface area contributed by atoms with Crippen LogP contribution in [-0.4, -0.2) is 6.54 Å². The molecule has 1 N–H and O–H groups in total. The summed E-state index contributed by atoms with van der Waals surface area (Å²) in [5, 5.41) is 4.84. The summed E-state index contributed by atoms with van der Waals surface area (Å²) in [6.45, 7) is 3.27. The van der Waals surface area contributed by atoms with E-state index in [0.29, 0.717) is 6.04 Å². The monoisotopic (exact) mass is 243 g/mol. The maximum Gasteiger partial charge on any atom is 0.134 e. The number of benzene rings is 1. The third-order valence-electron chi connectivity index (χ3n) is 3.69. The summed E-state index contributed by atoms with van der Waals surface area (Å²) in [6.07, 6.45) is 5.18. The number of para-hydroxylation sites is 1. The minimum absolute atomic E-state index is 0.393. The zero-order valence-electron chi connectivity index (χ0n) is 11.0. The molecule has 18 heavy (non-hydrogen) atoms. The quantitative estimate of drug-likeness (QED) is 0.819. The first-order chi connectivity index (χ1) is 8.86. The molecule has 2 aromatic rings. The van der Waals surface area contributed by atoms with Crippen LogP contribution in [0, 0.1) is 5.92 Å². The van der Waals surface area contributed by atoms with Crippen LogP contribution in [0.1, 0.15) is 44.4 Å². The Morgan fingerprint density at radius 2 is 2.17 bits per heavy atom. The number of furan rings is 1. The fourth-order valence-electron chi connectivity index (χ4n) is 2.48. The Balaban J connectivity index is 1.82. The fraction of sp³-hybridized carbons (Fsp3) is 0.500. The third kappa shape index (κ3) is 2.59. The average Bonchev–Trinajstić information content (AvgIpc) is 3.10. The van der Waals surface area contributed by atoms with E-state index in [9.17, 15) is 0 Å². The van der Waals surface area contributed by atoms with Crippen LogP contribution in [0.5, 0.6) is 0 Å². The molecule has 0 aliphatic heterocycles. The van der Waals surface area contributed by atoms with Gasteiger partial charge in [0.1, 0.15) is 11.3 Å². The van der Waals surface area contributed by atoms with Gasteiger partial charge in [0.15, 0.2) is 0 Å². The lowest BCUT2D eigenvalue weighted by atomic mass is 10.1. The van der Waals surface area contributed by atoms with Gasteiger partial charge in [0.05, 0.1) is 6.04 Å². The van der Waals surface area contributed by atoms with Crippen molar-refractivity contribution in [3.63, 3.8) is 0 Å². The van der Waals surface area contributed by atoms with Crippen molar-refractivity contribution < 1.29 is 4.42 Å². The molecule has 3 rings (SSSR count).